The number of hydrogen-bond donors (Lipinski definition) is 1. The van der Waals surface area contributed by atoms with Crippen molar-refractivity contribution in [1.29, 1.82) is 0 Å². The molecule has 0 saturated carbocycles. The van der Waals surface area contributed by atoms with Crippen LogP contribution in [0, 0.1) is 6.92 Å². The fraction of sp³-hybridized carbons (Fsp3) is 0.462. The molecule has 0 unspecified atom stereocenters. The molecule has 0 bridgehead atoms. The molecule has 3 heteroatoms. The van der Waals surface area contributed by atoms with Gasteiger partial charge in [0, 0.05) is 25.2 Å². The molecule has 1 aromatic rings. The molecular weight excluding hydrogens is 200 g/mol. The summed E-state index contributed by atoms with van der Waals surface area (Å²) in [4.78, 5) is 14.0. The molecule has 1 N–H and O–H groups in total. The van der Waals surface area contributed by atoms with Gasteiger partial charge >= 0.3 is 0 Å². The van der Waals surface area contributed by atoms with Crippen LogP contribution in [0.15, 0.2) is 24.3 Å². The summed E-state index contributed by atoms with van der Waals surface area (Å²) < 4.78 is 0. The Morgan fingerprint density at radius 2 is 2.06 bits per heavy atom. The van der Waals surface area contributed by atoms with E-state index in [4.69, 9.17) is 0 Å². The summed E-state index contributed by atoms with van der Waals surface area (Å²) in [5, 5.41) is 3.27. The highest BCUT2D eigenvalue weighted by atomic mass is 16.2. The van der Waals surface area contributed by atoms with Gasteiger partial charge in [0.1, 0.15) is 0 Å². The lowest BCUT2D eigenvalue weighted by Gasteiger charge is -2.23. The third-order valence-corrected chi connectivity index (χ3v) is 3.20. The quantitative estimate of drug-likeness (QED) is 0.814. The molecule has 1 heterocycles. The van der Waals surface area contributed by atoms with Gasteiger partial charge in [-0.25, -0.2) is 0 Å². The zero-order valence-corrected chi connectivity index (χ0v) is 9.86. The minimum Gasteiger partial charge on any atom is -0.337 e. The number of hydrogen-bond acceptors (Lipinski definition) is 2. The Bertz CT molecular complexity index is 366. The first-order valence-corrected chi connectivity index (χ1v) is 5.73. The van der Waals surface area contributed by atoms with E-state index in [0.717, 1.165) is 25.1 Å². The lowest BCUT2D eigenvalue weighted by molar-refractivity contribution is 0.0744. The number of nitrogens with one attached hydrogen (secondary N) is 1. The molecule has 1 atom stereocenters. The standard InChI is InChI=1S/C13H18N2O/c1-10-3-5-11(6-4-10)13(16)15(2)12-7-8-14-9-12/h3-6,12,14H,7-9H2,1-2H3/t12-/m0/s1. The third kappa shape index (κ3) is 2.25. The van der Waals surface area contributed by atoms with E-state index in [1.165, 1.54) is 5.56 Å². The van der Waals surface area contributed by atoms with Crippen LogP contribution >= 0.6 is 0 Å². The van der Waals surface area contributed by atoms with E-state index in [2.05, 4.69) is 5.32 Å². The van der Waals surface area contributed by atoms with E-state index in [0.29, 0.717) is 6.04 Å². The van der Waals surface area contributed by atoms with Gasteiger partial charge in [-0.3, -0.25) is 4.79 Å². The average Bonchev–Trinajstić information content (AvgIpc) is 2.81. The number of benzene rings is 1. The minimum absolute atomic E-state index is 0.119. The summed E-state index contributed by atoms with van der Waals surface area (Å²) in [6.07, 6.45) is 1.05. The second-order valence-corrected chi connectivity index (χ2v) is 4.43. The highest BCUT2D eigenvalue weighted by Gasteiger charge is 2.23. The molecule has 3 nitrogen and oxygen atoms in total. The van der Waals surface area contributed by atoms with Crippen LogP contribution in [-0.2, 0) is 0 Å². The molecule has 86 valence electrons. The van der Waals surface area contributed by atoms with Crippen molar-refractivity contribution >= 4 is 5.91 Å². The predicted molar refractivity (Wildman–Crippen MR) is 64.5 cm³/mol. The van der Waals surface area contributed by atoms with Gasteiger partial charge in [0.15, 0.2) is 0 Å². The first-order chi connectivity index (χ1) is 7.68. The van der Waals surface area contributed by atoms with Crippen molar-refractivity contribution in [2.24, 2.45) is 0 Å². The van der Waals surface area contributed by atoms with Crippen LogP contribution < -0.4 is 5.32 Å². The van der Waals surface area contributed by atoms with Crippen molar-refractivity contribution in [3.8, 4) is 0 Å². The Balaban J connectivity index is 2.08. The van der Waals surface area contributed by atoms with Crippen LogP contribution in [0.1, 0.15) is 22.3 Å². The number of carbonyl (C=O) groups excluding carboxylic acids is 1. The van der Waals surface area contributed by atoms with E-state index in [1.807, 2.05) is 43.1 Å². The summed E-state index contributed by atoms with van der Waals surface area (Å²) in [5.41, 5.74) is 1.96. The van der Waals surface area contributed by atoms with Crippen LogP contribution in [-0.4, -0.2) is 37.0 Å². The number of carbonyl (C=O) groups is 1. The first kappa shape index (κ1) is 11.1. The van der Waals surface area contributed by atoms with Gasteiger partial charge in [-0.15, -0.1) is 0 Å². The summed E-state index contributed by atoms with van der Waals surface area (Å²) >= 11 is 0. The van der Waals surface area contributed by atoms with Gasteiger partial charge in [0.2, 0.25) is 0 Å². The van der Waals surface area contributed by atoms with Crippen molar-refractivity contribution in [1.82, 2.24) is 10.2 Å². The van der Waals surface area contributed by atoms with E-state index in [1.54, 1.807) is 0 Å². The lowest BCUT2D eigenvalue weighted by atomic mass is 10.1. The van der Waals surface area contributed by atoms with E-state index in [-0.39, 0.29) is 5.91 Å². The molecule has 0 aromatic heterocycles. The molecule has 0 aliphatic carbocycles. The van der Waals surface area contributed by atoms with Crippen LogP contribution in [0.25, 0.3) is 0 Å². The summed E-state index contributed by atoms with van der Waals surface area (Å²) in [6.45, 7) is 3.95. The summed E-state index contributed by atoms with van der Waals surface area (Å²) in [5.74, 6) is 0.119. The maximum atomic E-state index is 12.1. The third-order valence-electron chi connectivity index (χ3n) is 3.20. The van der Waals surface area contributed by atoms with Gasteiger partial charge in [-0.05, 0) is 32.0 Å². The van der Waals surface area contributed by atoms with Crippen LogP contribution in [0.2, 0.25) is 0 Å². The second-order valence-electron chi connectivity index (χ2n) is 4.43. The Morgan fingerprint density at radius 1 is 1.38 bits per heavy atom. The van der Waals surface area contributed by atoms with Crippen molar-refractivity contribution in [3.63, 3.8) is 0 Å². The Labute approximate surface area is 96.5 Å². The lowest BCUT2D eigenvalue weighted by Crippen LogP contribution is -2.38. The van der Waals surface area contributed by atoms with E-state index >= 15 is 0 Å². The molecule has 1 saturated heterocycles. The molecule has 1 fully saturated rings. The van der Waals surface area contributed by atoms with Gasteiger partial charge < -0.3 is 10.2 Å². The van der Waals surface area contributed by atoms with Crippen LogP contribution in [0.4, 0.5) is 0 Å². The molecule has 2 rings (SSSR count). The number of amides is 1. The average molecular weight is 218 g/mol. The molecule has 16 heavy (non-hydrogen) atoms. The summed E-state index contributed by atoms with van der Waals surface area (Å²) in [6, 6.07) is 8.10. The predicted octanol–water partition coefficient (Wildman–Crippen LogP) is 1.43. The van der Waals surface area contributed by atoms with Crippen LogP contribution in [0.3, 0.4) is 0 Å². The number of rotatable bonds is 2. The molecule has 1 aliphatic heterocycles. The monoisotopic (exact) mass is 218 g/mol. The van der Waals surface area contributed by atoms with E-state index < -0.39 is 0 Å². The molecular formula is C13H18N2O. The minimum atomic E-state index is 0.119. The molecule has 0 spiro atoms. The van der Waals surface area contributed by atoms with Crippen molar-refractivity contribution in [3.05, 3.63) is 35.4 Å². The van der Waals surface area contributed by atoms with Crippen molar-refractivity contribution < 1.29 is 4.79 Å². The zero-order valence-electron chi connectivity index (χ0n) is 9.86. The Morgan fingerprint density at radius 3 is 2.62 bits per heavy atom. The number of nitrogens with zero attached hydrogens (tertiary/aromatic N) is 1. The fourth-order valence-electron chi connectivity index (χ4n) is 2.04. The van der Waals surface area contributed by atoms with Crippen LogP contribution in [0.5, 0.6) is 0 Å². The second kappa shape index (κ2) is 4.66. The SMILES string of the molecule is Cc1ccc(C(=O)N(C)[C@H]2CCNC2)cc1. The molecule has 1 aliphatic rings. The zero-order chi connectivity index (χ0) is 11.5. The normalized spacial score (nSPS) is 19.8. The Kier molecular flexibility index (Phi) is 3.25. The fourth-order valence-corrected chi connectivity index (χ4v) is 2.04. The largest absolute Gasteiger partial charge is 0.337 e. The molecule has 1 amide bonds. The van der Waals surface area contributed by atoms with Gasteiger partial charge in [0.05, 0.1) is 0 Å². The highest BCUT2D eigenvalue weighted by molar-refractivity contribution is 5.94. The Hall–Kier alpha value is -1.35. The van der Waals surface area contributed by atoms with Gasteiger partial charge in [0.25, 0.3) is 5.91 Å². The molecule has 1 aromatic carbocycles. The molecule has 0 radical (unpaired) electrons. The number of likely N-dealkylation sites (N-methyl/N-ethyl adjacent to an activating group) is 1. The van der Waals surface area contributed by atoms with Gasteiger partial charge in [-0.1, -0.05) is 17.7 Å². The maximum Gasteiger partial charge on any atom is 0.253 e. The highest BCUT2D eigenvalue weighted by Crippen LogP contribution is 2.12. The first-order valence-electron chi connectivity index (χ1n) is 5.73. The number of aryl methyl sites for hydroxylation is 1. The van der Waals surface area contributed by atoms with Gasteiger partial charge in [-0.2, -0.15) is 0 Å². The smallest absolute Gasteiger partial charge is 0.253 e. The van der Waals surface area contributed by atoms with Crippen molar-refractivity contribution in [2.75, 3.05) is 20.1 Å². The van der Waals surface area contributed by atoms with Crippen molar-refractivity contribution in [2.45, 2.75) is 19.4 Å². The topological polar surface area (TPSA) is 32.3 Å². The van der Waals surface area contributed by atoms with E-state index in [9.17, 15) is 4.79 Å². The summed E-state index contributed by atoms with van der Waals surface area (Å²) in [7, 11) is 1.89. The maximum absolute atomic E-state index is 12.1.